The van der Waals surface area contributed by atoms with Crippen molar-refractivity contribution < 1.29 is 0 Å². The van der Waals surface area contributed by atoms with E-state index in [1.54, 1.807) is 0 Å². The molecule has 1 aliphatic rings. The number of thiocarbonyl (C=S) groups is 1. The Bertz CT molecular complexity index is 176. The number of rotatable bonds is 4. The molecule has 0 aromatic heterocycles. The maximum Gasteiger partial charge on any atom is 0.168 e. The monoisotopic (exact) mass is 214 g/mol. The van der Waals surface area contributed by atoms with Crippen molar-refractivity contribution in [2.75, 3.05) is 20.1 Å². The van der Waals surface area contributed by atoms with Gasteiger partial charge in [-0.25, -0.2) is 0 Å². The second kappa shape index (κ2) is 6.23. The van der Waals surface area contributed by atoms with Crippen LogP contribution in [-0.2, 0) is 0 Å². The summed E-state index contributed by atoms with van der Waals surface area (Å²) in [6.45, 7) is 4.29. The fourth-order valence-corrected chi connectivity index (χ4v) is 2.21. The zero-order chi connectivity index (χ0) is 10.4. The molecule has 0 saturated heterocycles. The summed E-state index contributed by atoms with van der Waals surface area (Å²) in [4.78, 5) is 2.20. The largest absolute Gasteiger partial charge is 0.363 e. The van der Waals surface area contributed by atoms with Crippen molar-refractivity contribution >= 4 is 17.3 Å². The number of nitrogens with one attached hydrogen (secondary N) is 1. The van der Waals surface area contributed by atoms with E-state index in [-0.39, 0.29) is 0 Å². The van der Waals surface area contributed by atoms with Crippen LogP contribution in [0, 0.1) is 5.92 Å². The molecular formula is C11H22N2S. The summed E-state index contributed by atoms with van der Waals surface area (Å²) in [5, 5.41) is 4.18. The van der Waals surface area contributed by atoms with Gasteiger partial charge in [0.05, 0.1) is 0 Å². The van der Waals surface area contributed by atoms with E-state index in [1.165, 1.54) is 25.7 Å². The number of nitrogens with zero attached hydrogens (tertiary/aromatic N) is 1. The molecule has 0 aliphatic heterocycles. The first-order valence-corrected chi connectivity index (χ1v) is 6.13. The van der Waals surface area contributed by atoms with Crippen LogP contribution in [0.2, 0.25) is 0 Å². The first-order chi connectivity index (χ1) is 6.74. The second-order valence-corrected chi connectivity index (χ2v) is 4.65. The highest BCUT2D eigenvalue weighted by Gasteiger charge is 2.17. The van der Waals surface area contributed by atoms with Crippen LogP contribution in [0.3, 0.4) is 0 Å². The Morgan fingerprint density at radius 3 is 2.64 bits per heavy atom. The molecule has 1 aliphatic carbocycles. The van der Waals surface area contributed by atoms with E-state index >= 15 is 0 Å². The quantitative estimate of drug-likeness (QED) is 0.723. The molecule has 82 valence electrons. The number of hydrogen-bond acceptors (Lipinski definition) is 1. The zero-order valence-electron chi connectivity index (χ0n) is 9.38. The molecular weight excluding hydrogens is 192 g/mol. The highest BCUT2D eigenvalue weighted by molar-refractivity contribution is 7.80. The summed E-state index contributed by atoms with van der Waals surface area (Å²) in [6.07, 6.45) is 6.74. The molecule has 0 unspecified atom stereocenters. The van der Waals surface area contributed by atoms with Gasteiger partial charge in [0, 0.05) is 20.1 Å². The van der Waals surface area contributed by atoms with Gasteiger partial charge in [-0.3, -0.25) is 0 Å². The summed E-state index contributed by atoms with van der Waals surface area (Å²) in [5.74, 6) is 0.876. The Labute approximate surface area is 93.1 Å². The van der Waals surface area contributed by atoms with E-state index in [2.05, 4.69) is 24.2 Å². The van der Waals surface area contributed by atoms with Gasteiger partial charge in [0.15, 0.2) is 5.11 Å². The van der Waals surface area contributed by atoms with Crippen molar-refractivity contribution in [3.63, 3.8) is 0 Å². The SMILES string of the molecule is CCCNC(=S)N(C)CC1CCCC1. The predicted octanol–water partition coefficient (Wildman–Crippen LogP) is 2.39. The van der Waals surface area contributed by atoms with Crippen LogP contribution in [0.25, 0.3) is 0 Å². The Hall–Kier alpha value is -0.310. The highest BCUT2D eigenvalue weighted by atomic mass is 32.1. The van der Waals surface area contributed by atoms with Gasteiger partial charge < -0.3 is 10.2 Å². The Morgan fingerprint density at radius 1 is 1.43 bits per heavy atom. The molecule has 0 heterocycles. The first-order valence-electron chi connectivity index (χ1n) is 5.73. The molecule has 14 heavy (non-hydrogen) atoms. The Morgan fingerprint density at radius 2 is 2.07 bits per heavy atom. The zero-order valence-corrected chi connectivity index (χ0v) is 10.2. The van der Waals surface area contributed by atoms with Crippen LogP contribution in [0.15, 0.2) is 0 Å². The van der Waals surface area contributed by atoms with Crippen molar-refractivity contribution in [3.05, 3.63) is 0 Å². The molecule has 1 fully saturated rings. The van der Waals surface area contributed by atoms with E-state index in [4.69, 9.17) is 12.2 Å². The van der Waals surface area contributed by atoms with Crippen molar-refractivity contribution in [2.24, 2.45) is 5.92 Å². The van der Waals surface area contributed by atoms with E-state index < -0.39 is 0 Å². The molecule has 0 aromatic carbocycles. The molecule has 0 radical (unpaired) electrons. The fraction of sp³-hybridized carbons (Fsp3) is 0.909. The van der Waals surface area contributed by atoms with Crippen LogP contribution in [0.4, 0.5) is 0 Å². The van der Waals surface area contributed by atoms with E-state index in [1.807, 2.05) is 0 Å². The lowest BCUT2D eigenvalue weighted by atomic mass is 10.1. The topological polar surface area (TPSA) is 15.3 Å². The third-order valence-corrected chi connectivity index (χ3v) is 3.34. The second-order valence-electron chi connectivity index (χ2n) is 4.26. The van der Waals surface area contributed by atoms with Gasteiger partial charge in [0.1, 0.15) is 0 Å². The minimum absolute atomic E-state index is 0.876. The molecule has 0 spiro atoms. The molecule has 1 N–H and O–H groups in total. The Kier molecular flexibility index (Phi) is 5.23. The van der Waals surface area contributed by atoms with Crippen molar-refractivity contribution in [1.82, 2.24) is 10.2 Å². The standard InChI is InChI=1S/C11H22N2S/c1-3-8-12-11(14)13(2)9-10-6-4-5-7-10/h10H,3-9H2,1-2H3,(H,12,14). The van der Waals surface area contributed by atoms with Gasteiger partial charge in [-0.2, -0.15) is 0 Å². The minimum Gasteiger partial charge on any atom is -0.363 e. The van der Waals surface area contributed by atoms with E-state index in [0.29, 0.717) is 0 Å². The van der Waals surface area contributed by atoms with Crippen LogP contribution in [0.1, 0.15) is 39.0 Å². The van der Waals surface area contributed by atoms with Gasteiger partial charge in [-0.15, -0.1) is 0 Å². The Balaban J connectivity index is 2.18. The lowest BCUT2D eigenvalue weighted by Crippen LogP contribution is -2.39. The molecule has 0 amide bonds. The van der Waals surface area contributed by atoms with Gasteiger partial charge in [0.25, 0.3) is 0 Å². The lowest BCUT2D eigenvalue weighted by molar-refractivity contribution is 0.384. The predicted molar refractivity (Wildman–Crippen MR) is 65.5 cm³/mol. The average molecular weight is 214 g/mol. The molecule has 3 heteroatoms. The van der Waals surface area contributed by atoms with Crippen LogP contribution in [-0.4, -0.2) is 30.1 Å². The molecule has 0 bridgehead atoms. The van der Waals surface area contributed by atoms with E-state index in [9.17, 15) is 0 Å². The van der Waals surface area contributed by atoms with Crippen LogP contribution >= 0.6 is 12.2 Å². The van der Waals surface area contributed by atoms with Crippen LogP contribution < -0.4 is 5.32 Å². The van der Waals surface area contributed by atoms with Gasteiger partial charge >= 0.3 is 0 Å². The van der Waals surface area contributed by atoms with Gasteiger partial charge in [-0.05, 0) is 37.4 Å². The molecule has 1 saturated carbocycles. The third kappa shape index (κ3) is 3.82. The summed E-state index contributed by atoms with van der Waals surface area (Å²) >= 11 is 5.29. The maximum absolute atomic E-state index is 5.29. The maximum atomic E-state index is 5.29. The molecule has 0 atom stereocenters. The normalized spacial score (nSPS) is 17.0. The van der Waals surface area contributed by atoms with E-state index in [0.717, 1.165) is 30.5 Å². The minimum atomic E-state index is 0.876. The summed E-state index contributed by atoms with van der Waals surface area (Å²) in [5.41, 5.74) is 0. The first kappa shape index (κ1) is 11.8. The van der Waals surface area contributed by atoms with Crippen LogP contribution in [0.5, 0.6) is 0 Å². The van der Waals surface area contributed by atoms with Gasteiger partial charge in [-0.1, -0.05) is 19.8 Å². The van der Waals surface area contributed by atoms with Crippen molar-refractivity contribution in [3.8, 4) is 0 Å². The molecule has 0 aromatic rings. The summed E-state index contributed by atoms with van der Waals surface area (Å²) < 4.78 is 0. The van der Waals surface area contributed by atoms with Crippen molar-refractivity contribution in [1.29, 1.82) is 0 Å². The number of hydrogen-bond donors (Lipinski definition) is 1. The smallest absolute Gasteiger partial charge is 0.168 e. The van der Waals surface area contributed by atoms with Crippen molar-refractivity contribution in [2.45, 2.75) is 39.0 Å². The third-order valence-electron chi connectivity index (χ3n) is 2.88. The summed E-state index contributed by atoms with van der Waals surface area (Å²) in [6, 6.07) is 0. The average Bonchev–Trinajstić information content (AvgIpc) is 2.66. The fourth-order valence-electron chi connectivity index (χ4n) is 2.03. The molecule has 2 nitrogen and oxygen atoms in total. The van der Waals surface area contributed by atoms with Gasteiger partial charge in [0.2, 0.25) is 0 Å². The lowest BCUT2D eigenvalue weighted by Gasteiger charge is -2.24. The molecule has 1 rings (SSSR count). The summed E-state index contributed by atoms with van der Waals surface area (Å²) in [7, 11) is 2.10. The highest BCUT2D eigenvalue weighted by Crippen LogP contribution is 2.25.